The van der Waals surface area contributed by atoms with Crippen LogP contribution in [0.4, 0.5) is 4.39 Å². The molecule has 3 heteroatoms. The van der Waals surface area contributed by atoms with Crippen molar-refractivity contribution in [3.05, 3.63) is 59.9 Å². The van der Waals surface area contributed by atoms with Crippen LogP contribution in [0.25, 0.3) is 0 Å². The fraction of sp³-hybridized carbons (Fsp3) is 0.294. The summed E-state index contributed by atoms with van der Waals surface area (Å²) in [6.07, 6.45) is 0. The molecule has 0 fully saturated rings. The summed E-state index contributed by atoms with van der Waals surface area (Å²) in [6, 6.07) is 15.2. The first-order chi connectivity index (χ1) is 9.65. The third-order valence-corrected chi connectivity index (χ3v) is 3.99. The number of hydrogen-bond acceptors (Lipinski definition) is 2. The van der Waals surface area contributed by atoms with Gasteiger partial charge in [0.15, 0.2) is 0 Å². The number of rotatable bonds is 6. The third kappa shape index (κ3) is 4.66. The van der Waals surface area contributed by atoms with Gasteiger partial charge >= 0.3 is 0 Å². The Morgan fingerprint density at radius 2 is 1.85 bits per heavy atom. The van der Waals surface area contributed by atoms with E-state index < -0.39 is 0 Å². The summed E-state index contributed by atoms with van der Waals surface area (Å²) in [5.41, 5.74) is 1.01. The maximum absolute atomic E-state index is 13.4. The minimum atomic E-state index is -0.177. The zero-order valence-electron chi connectivity index (χ0n) is 11.9. The molecule has 0 spiro atoms. The molecule has 0 radical (unpaired) electrons. The van der Waals surface area contributed by atoms with Crippen molar-refractivity contribution in [3.63, 3.8) is 0 Å². The summed E-state index contributed by atoms with van der Waals surface area (Å²) < 4.78 is 13.4. The Morgan fingerprint density at radius 1 is 1.10 bits per heavy atom. The maximum Gasteiger partial charge on any atom is 0.123 e. The molecule has 0 atom stereocenters. The monoisotopic (exact) mass is 289 g/mol. The Hall–Kier alpha value is -1.32. The number of benzene rings is 2. The quantitative estimate of drug-likeness (QED) is 0.825. The van der Waals surface area contributed by atoms with Crippen LogP contribution < -0.4 is 5.32 Å². The molecule has 0 saturated heterocycles. The van der Waals surface area contributed by atoms with E-state index in [-0.39, 0.29) is 5.82 Å². The second-order valence-corrected chi connectivity index (χ2v) is 6.31. The van der Waals surface area contributed by atoms with Crippen molar-refractivity contribution in [1.82, 2.24) is 5.32 Å². The molecule has 1 N–H and O–H groups in total. The molecular formula is C17H20FNS. The molecule has 0 saturated carbocycles. The predicted molar refractivity (Wildman–Crippen MR) is 83.5 cm³/mol. The van der Waals surface area contributed by atoms with E-state index >= 15 is 0 Å². The zero-order valence-corrected chi connectivity index (χ0v) is 12.7. The van der Waals surface area contributed by atoms with Crippen molar-refractivity contribution in [3.8, 4) is 0 Å². The van der Waals surface area contributed by atoms with Crippen LogP contribution in [0.1, 0.15) is 19.4 Å². The standard InChI is InChI=1S/C17H20FNS/c1-13(2)11-19-12-14-10-15(18)8-9-17(14)20-16-6-4-3-5-7-16/h3-10,13,19H,11-12H2,1-2H3. The molecular weight excluding hydrogens is 269 g/mol. The van der Waals surface area contributed by atoms with Crippen LogP contribution in [-0.2, 0) is 6.54 Å². The average Bonchev–Trinajstić information content (AvgIpc) is 2.42. The molecule has 2 aromatic carbocycles. The molecule has 2 rings (SSSR count). The molecule has 0 unspecified atom stereocenters. The van der Waals surface area contributed by atoms with E-state index in [9.17, 15) is 4.39 Å². The Morgan fingerprint density at radius 3 is 2.55 bits per heavy atom. The van der Waals surface area contributed by atoms with Gasteiger partial charge in [-0.1, -0.05) is 43.8 Å². The molecule has 2 aromatic rings. The first-order valence-electron chi connectivity index (χ1n) is 6.87. The lowest BCUT2D eigenvalue weighted by molar-refractivity contribution is 0.547. The largest absolute Gasteiger partial charge is 0.312 e. The van der Waals surface area contributed by atoms with Gasteiger partial charge in [0.2, 0.25) is 0 Å². The fourth-order valence-corrected chi connectivity index (χ4v) is 2.84. The Labute approximate surface area is 124 Å². The van der Waals surface area contributed by atoms with E-state index in [0.717, 1.165) is 17.0 Å². The van der Waals surface area contributed by atoms with Gasteiger partial charge in [-0.3, -0.25) is 0 Å². The summed E-state index contributed by atoms with van der Waals surface area (Å²) >= 11 is 1.68. The summed E-state index contributed by atoms with van der Waals surface area (Å²) in [5, 5.41) is 3.37. The Kier molecular flexibility index (Phi) is 5.62. The molecule has 0 heterocycles. The van der Waals surface area contributed by atoms with Crippen LogP contribution in [0.2, 0.25) is 0 Å². The number of halogens is 1. The summed E-state index contributed by atoms with van der Waals surface area (Å²) in [7, 11) is 0. The maximum atomic E-state index is 13.4. The molecule has 106 valence electrons. The summed E-state index contributed by atoms with van der Waals surface area (Å²) in [5.74, 6) is 0.414. The van der Waals surface area contributed by atoms with Crippen molar-refractivity contribution in [1.29, 1.82) is 0 Å². The van der Waals surface area contributed by atoms with Gasteiger partial charge in [-0.15, -0.1) is 0 Å². The number of nitrogens with one attached hydrogen (secondary N) is 1. The zero-order chi connectivity index (χ0) is 14.4. The predicted octanol–water partition coefficient (Wildman–Crippen LogP) is 4.72. The topological polar surface area (TPSA) is 12.0 Å². The van der Waals surface area contributed by atoms with Crippen LogP contribution in [-0.4, -0.2) is 6.54 Å². The highest BCUT2D eigenvalue weighted by atomic mass is 32.2. The average molecular weight is 289 g/mol. The first-order valence-corrected chi connectivity index (χ1v) is 7.69. The molecule has 0 aliphatic carbocycles. The van der Waals surface area contributed by atoms with Crippen LogP contribution >= 0.6 is 11.8 Å². The Bertz CT molecular complexity index is 540. The minimum Gasteiger partial charge on any atom is -0.312 e. The summed E-state index contributed by atoms with van der Waals surface area (Å²) in [4.78, 5) is 2.28. The van der Waals surface area contributed by atoms with Crippen LogP contribution in [0.5, 0.6) is 0 Å². The van der Waals surface area contributed by atoms with E-state index in [1.807, 2.05) is 24.3 Å². The Balaban J connectivity index is 2.11. The van der Waals surface area contributed by atoms with E-state index in [1.54, 1.807) is 17.8 Å². The van der Waals surface area contributed by atoms with Gasteiger partial charge in [-0.2, -0.15) is 0 Å². The normalized spacial score (nSPS) is 11.0. The smallest absolute Gasteiger partial charge is 0.123 e. The lowest BCUT2D eigenvalue weighted by Crippen LogP contribution is -2.19. The highest BCUT2D eigenvalue weighted by Crippen LogP contribution is 2.30. The molecule has 0 aromatic heterocycles. The van der Waals surface area contributed by atoms with E-state index in [4.69, 9.17) is 0 Å². The molecule has 0 aliphatic heterocycles. The lowest BCUT2D eigenvalue weighted by atomic mass is 10.2. The molecule has 0 aliphatic rings. The van der Waals surface area contributed by atoms with E-state index in [1.165, 1.54) is 11.0 Å². The SMILES string of the molecule is CC(C)CNCc1cc(F)ccc1Sc1ccccc1. The van der Waals surface area contributed by atoms with Gasteiger partial charge in [-0.05, 0) is 48.4 Å². The molecule has 1 nitrogen and oxygen atoms in total. The van der Waals surface area contributed by atoms with Gasteiger partial charge in [-0.25, -0.2) is 4.39 Å². The van der Waals surface area contributed by atoms with Gasteiger partial charge in [0, 0.05) is 16.3 Å². The van der Waals surface area contributed by atoms with Crippen molar-refractivity contribution in [2.24, 2.45) is 5.92 Å². The van der Waals surface area contributed by atoms with Crippen LogP contribution in [0.3, 0.4) is 0 Å². The summed E-state index contributed by atoms with van der Waals surface area (Å²) in [6.45, 7) is 5.97. The third-order valence-electron chi connectivity index (χ3n) is 2.86. The van der Waals surface area contributed by atoms with Gasteiger partial charge in [0.1, 0.15) is 5.82 Å². The van der Waals surface area contributed by atoms with E-state index in [2.05, 4.69) is 31.3 Å². The van der Waals surface area contributed by atoms with Gasteiger partial charge < -0.3 is 5.32 Å². The first kappa shape index (κ1) is 15.1. The van der Waals surface area contributed by atoms with Crippen LogP contribution in [0.15, 0.2) is 58.3 Å². The van der Waals surface area contributed by atoms with Crippen molar-refractivity contribution < 1.29 is 4.39 Å². The van der Waals surface area contributed by atoms with Crippen molar-refractivity contribution in [2.75, 3.05) is 6.54 Å². The van der Waals surface area contributed by atoms with Gasteiger partial charge in [0.25, 0.3) is 0 Å². The number of hydrogen-bond donors (Lipinski definition) is 1. The van der Waals surface area contributed by atoms with Gasteiger partial charge in [0.05, 0.1) is 0 Å². The van der Waals surface area contributed by atoms with E-state index in [0.29, 0.717) is 12.5 Å². The second kappa shape index (κ2) is 7.46. The van der Waals surface area contributed by atoms with Crippen molar-refractivity contribution in [2.45, 2.75) is 30.2 Å². The minimum absolute atomic E-state index is 0.177. The molecule has 0 bridgehead atoms. The highest BCUT2D eigenvalue weighted by molar-refractivity contribution is 7.99. The molecule has 20 heavy (non-hydrogen) atoms. The highest BCUT2D eigenvalue weighted by Gasteiger charge is 2.06. The second-order valence-electron chi connectivity index (χ2n) is 5.19. The fourth-order valence-electron chi connectivity index (χ4n) is 1.90. The lowest BCUT2D eigenvalue weighted by Gasteiger charge is -2.12. The van der Waals surface area contributed by atoms with Crippen LogP contribution in [0, 0.1) is 11.7 Å². The molecule has 0 amide bonds. The van der Waals surface area contributed by atoms with Crippen molar-refractivity contribution >= 4 is 11.8 Å².